The standard InChI is InChI=1S/C15H13BrF4N2O2S/c1-15(2,25(23,24)9-5-3-8(16)4-6-9)7-21-12-10(17)13(19)22-14(20)11(12)18/h3-6H,7H2,1-2H3,(H,21,22). The van der Waals surface area contributed by atoms with E-state index in [1.165, 1.54) is 38.1 Å². The summed E-state index contributed by atoms with van der Waals surface area (Å²) >= 11 is 3.19. The molecule has 136 valence electrons. The van der Waals surface area contributed by atoms with E-state index >= 15 is 0 Å². The van der Waals surface area contributed by atoms with Gasteiger partial charge in [0.05, 0.1) is 9.64 Å². The van der Waals surface area contributed by atoms with Crippen molar-refractivity contribution in [3.8, 4) is 0 Å². The zero-order chi connectivity index (χ0) is 19.0. The van der Waals surface area contributed by atoms with E-state index in [-0.39, 0.29) is 4.90 Å². The molecule has 0 aliphatic heterocycles. The highest BCUT2D eigenvalue weighted by Crippen LogP contribution is 2.29. The highest BCUT2D eigenvalue weighted by Gasteiger charge is 2.36. The highest BCUT2D eigenvalue weighted by molar-refractivity contribution is 9.10. The molecule has 1 N–H and O–H groups in total. The molecule has 4 nitrogen and oxygen atoms in total. The predicted octanol–water partition coefficient (Wildman–Crippen LogP) is 4.06. The topological polar surface area (TPSA) is 59.1 Å². The van der Waals surface area contributed by atoms with Crippen LogP contribution in [0.4, 0.5) is 23.2 Å². The van der Waals surface area contributed by atoms with Gasteiger partial charge in [-0.25, -0.2) is 8.42 Å². The first-order valence-electron chi connectivity index (χ1n) is 6.91. The van der Waals surface area contributed by atoms with Crippen molar-refractivity contribution >= 4 is 31.5 Å². The average Bonchev–Trinajstić information content (AvgIpc) is 2.53. The molecular formula is C15H13BrF4N2O2S. The highest BCUT2D eigenvalue weighted by atomic mass is 79.9. The van der Waals surface area contributed by atoms with Gasteiger partial charge in [-0.2, -0.15) is 22.5 Å². The van der Waals surface area contributed by atoms with Crippen molar-refractivity contribution in [3.63, 3.8) is 0 Å². The van der Waals surface area contributed by atoms with Gasteiger partial charge in [0, 0.05) is 11.0 Å². The summed E-state index contributed by atoms with van der Waals surface area (Å²) in [5.41, 5.74) is -1.11. The number of sulfone groups is 1. The normalized spacial score (nSPS) is 12.3. The molecule has 1 heterocycles. The van der Waals surface area contributed by atoms with Gasteiger partial charge >= 0.3 is 0 Å². The lowest BCUT2D eigenvalue weighted by Crippen LogP contribution is -2.39. The fourth-order valence-electron chi connectivity index (χ4n) is 1.97. The number of pyridine rings is 1. The lowest BCUT2D eigenvalue weighted by molar-refractivity contribution is 0.410. The van der Waals surface area contributed by atoms with Gasteiger partial charge in [0.25, 0.3) is 11.9 Å². The van der Waals surface area contributed by atoms with Crippen molar-refractivity contribution < 1.29 is 26.0 Å². The van der Waals surface area contributed by atoms with Crippen molar-refractivity contribution in [2.45, 2.75) is 23.5 Å². The molecule has 0 aliphatic carbocycles. The van der Waals surface area contributed by atoms with E-state index in [1.54, 1.807) is 0 Å². The molecule has 1 aromatic carbocycles. The van der Waals surface area contributed by atoms with Gasteiger partial charge in [0.15, 0.2) is 9.84 Å². The van der Waals surface area contributed by atoms with Crippen LogP contribution in [0.15, 0.2) is 33.6 Å². The van der Waals surface area contributed by atoms with Crippen LogP contribution in [0, 0.1) is 23.5 Å². The van der Waals surface area contributed by atoms with E-state index in [4.69, 9.17) is 0 Å². The third-order valence-electron chi connectivity index (χ3n) is 3.54. The summed E-state index contributed by atoms with van der Waals surface area (Å²) in [6.45, 7) is 2.14. The molecule has 0 spiro atoms. The van der Waals surface area contributed by atoms with Gasteiger partial charge < -0.3 is 5.32 Å². The lowest BCUT2D eigenvalue weighted by atomic mass is 10.2. The first-order chi connectivity index (χ1) is 11.5. The predicted molar refractivity (Wildman–Crippen MR) is 88.0 cm³/mol. The molecule has 10 heteroatoms. The maximum absolute atomic E-state index is 13.6. The Morgan fingerprint density at radius 1 is 1.04 bits per heavy atom. The van der Waals surface area contributed by atoms with Gasteiger partial charge in [-0.1, -0.05) is 15.9 Å². The van der Waals surface area contributed by atoms with Crippen LogP contribution < -0.4 is 5.32 Å². The Morgan fingerprint density at radius 3 is 2.00 bits per heavy atom. The second kappa shape index (κ2) is 6.91. The number of nitrogens with one attached hydrogen (secondary N) is 1. The number of anilines is 1. The van der Waals surface area contributed by atoms with E-state index < -0.39 is 50.3 Å². The van der Waals surface area contributed by atoms with E-state index in [9.17, 15) is 26.0 Å². The van der Waals surface area contributed by atoms with E-state index in [0.29, 0.717) is 4.47 Å². The van der Waals surface area contributed by atoms with Crippen LogP contribution in [0.25, 0.3) is 0 Å². The van der Waals surface area contributed by atoms with E-state index in [1.807, 2.05) is 0 Å². The fourth-order valence-corrected chi connectivity index (χ4v) is 3.63. The Labute approximate surface area is 150 Å². The minimum Gasteiger partial charge on any atom is -0.378 e. The number of halogens is 5. The third kappa shape index (κ3) is 3.79. The summed E-state index contributed by atoms with van der Waals surface area (Å²) in [6.07, 6.45) is 0. The Kier molecular flexibility index (Phi) is 5.43. The van der Waals surface area contributed by atoms with E-state index in [0.717, 1.165) is 0 Å². The number of hydrogen-bond donors (Lipinski definition) is 1. The van der Waals surface area contributed by atoms with Crippen LogP contribution in [0.5, 0.6) is 0 Å². The largest absolute Gasteiger partial charge is 0.378 e. The van der Waals surface area contributed by atoms with Crippen molar-refractivity contribution in [1.29, 1.82) is 0 Å². The first-order valence-corrected chi connectivity index (χ1v) is 9.19. The fraction of sp³-hybridized carbons (Fsp3) is 0.267. The van der Waals surface area contributed by atoms with Gasteiger partial charge in [0.2, 0.25) is 11.6 Å². The zero-order valence-corrected chi connectivity index (χ0v) is 15.5. The molecule has 0 unspecified atom stereocenters. The van der Waals surface area contributed by atoms with Gasteiger partial charge in [-0.3, -0.25) is 0 Å². The van der Waals surface area contributed by atoms with Crippen molar-refractivity contribution in [2.24, 2.45) is 0 Å². The minimum atomic E-state index is -3.90. The smallest absolute Gasteiger partial charge is 0.253 e. The SMILES string of the molecule is CC(C)(CNc1c(F)c(F)nc(F)c1F)S(=O)(=O)c1ccc(Br)cc1. The maximum atomic E-state index is 13.6. The molecule has 0 amide bonds. The molecule has 25 heavy (non-hydrogen) atoms. The van der Waals surface area contributed by atoms with Crippen LogP contribution in [-0.2, 0) is 9.84 Å². The third-order valence-corrected chi connectivity index (χ3v) is 6.56. The molecular weight excluding hydrogens is 428 g/mol. The number of rotatable bonds is 5. The molecule has 0 bridgehead atoms. The van der Waals surface area contributed by atoms with Crippen LogP contribution in [0.2, 0.25) is 0 Å². The molecule has 0 saturated heterocycles. The molecule has 0 saturated carbocycles. The van der Waals surface area contributed by atoms with Crippen LogP contribution in [-0.4, -0.2) is 24.7 Å². The summed E-state index contributed by atoms with van der Waals surface area (Å²) in [4.78, 5) is 2.43. The monoisotopic (exact) mass is 440 g/mol. The number of hydrogen-bond acceptors (Lipinski definition) is 4. The van der Waals surface area contributed by atoms with Gasteiger partial charge in [-0.15, -0.1) is 0 Å². The van der Waals surface area contributed by atoms with Crippen molar-refractivity contribution in [2.75, 3.05) is 11.9 Å². The molecule has 1 aromatic heterocycles. The summed E-state index contributed by atoms with van der Waals surface area (Å²) in [5, 5.41) is 2.13. The summed E-state index contributed by atoms with van der Waals surface area (Å²) in [7, 11) is -3.90. The lowest BCUT2D eigenvalue weighted by Gasteiger charge is -2.26. The zero-order valence-electron chi connectivity index (χ0n) is 13.1. The number of aromatic nitrogens is 1. The molecule has 2 rings (SSSR count). The quantitative estimate of drug-likeness (QED) is 0.562. The molecule has 0 radical (unpaired) electrons. The Morgan fingerprint density at radius 2 is 1.52 bits per heavy atom. The van der Waals surface area contributed by atoms with Crippen molar-refractivity contribution in [3.05, 3.63) is 52.3 Å². The summed E-state index contributed by atoms with van der Waals surface area (Å²) in [5.74, 6) is -7.10. The Bertz CT molecular complexity index is 876. The van der Waals surface area contributed by atoms with E-state index in [2.05, 4.69) is 26.2 Å². The van der Waals surface area contributed by atoms with Crippen LogP contribution in [0.3, 0.4) is 0 Å². The van der Waals surface area contributed by atoms with Crippen LogP contribution in [0.1, 0.15) is 13.8 Å². The second-order valence-electron chi connectivity index (χ2n) is 5.77. The second-order valence-corrected chi connectivity index (χ2v) is 9.27. The Hall–Kier alpha value is -1.68. The van der Waals surface area contributed by atoms with Crippen LogP contribution >= 0.6 is 15.9 Å². The molecule has 2 aromatic rings. The number of nitrogens with zero attached hydrogens (tertiary/aromatic N) is 1. The summed E-state index contributed by atoms with van der Waals surface area (Å²) < 4.78 is 78.0. The van der Waals surface area contributed by atoms with Gasteiger partial charge in [0.1, 0.15) is 5.69 Å². The van der Waals surface area contributed by atoms with Gasteiger partial charge in [-0.05, 0) is 38.1 Å². The summed E-state index contributed by atoms with van der Waals surface area (Å²) in [6, 6.07) is 5.80. The Balaban J connectivity index is 2.32. The number of benzene rings is 1. The molecule has 0 aliphatic rings. The van der Waals surface area contributed by atoms with Crippen molar-refractivity contribution in [1.82, 2.24) is 4.98 Å². The first kappa shape index (κ1) is 19.6. The molecule has 0 atom stereocenters. The minimum absolute atomic E-state index is 0.00414. The average molecular weight is 441 g/mol. The maximum Gasteiger partial charge on any atom is 0.253 e. The molecule has 0 fully saturated rings.